The highest BCUT2D eigenvalue weighted by molar-refractivity contribution is 5.84. The summed E-state index contributed by atoms with van der Waals surface area (Å²) in [5.74, 6) is 0.285. The lowest BCUT2D eigenvalue weighted by Gasteiger charge is -2.12. The molecule has 1 heteroatoms. The van der Waals surface area contributed by atoms with E-state index in [1.807, 2.05) is 24.3 Å². The summed E-state index contributed by atoms with van der Waals surface area (Å²) in [6, 6.07) is 24.2. The van der Waals surface area contributed by atoms with Gasteiger partial charge in [0, 0.05) is 0 Å². The van der Waals surface area contributed by atoms with Gasteiger partial charge in [-0.3, -0.25) is 0 Å². The summed E-state index contributed by atoms with van der Waals surface area (Å²) in [5.41, 5.74) is 5.90. The topological polar surface area (TPSA) is 20.2 Å². The molecule has 0 aromatic heterocycles. The lowest BCUT2D eigenvalue weighted by Crippen LogP contribution is -1.89. The maximum absolute atomic E-state index is 9.49. The molecule has 0 aliphatic carbocycles. The fraction of sp³-hybridized carbons (Fsp3) is 0.0476. The molecule has 0 atom stereocenters. The van der Waals surface area contributed by atoms with Crippen molar-refractivity contribution in [2.45, 2.75) is 6.42 Å². The fourth-order valence-corrected chi connectivity index (χ4v) is 2.63. The molecule has 0 aliphatic heterocycles. The Balaban J connectivity index is 2.16. The Kier molecular flexibility index (Phi) is 4.06. The van der Waals surface area contributed by atoms with Crippen LogP contribution in [0.25, 0.3) is 22.3 Å². The van der Waals surface area contributed by atoms with Crippen LogP contribution < -0.4 is 0 Å². The van der Waals surface area contributed by atoms with Crippen LogP contribution >= 0.6 is 0 Å². The highest BCUT2D eigenvalue weighted by Gasteiger charge is 2.08. The van der Waals surface area contributed by atoms with Crippen molar-refractivity contribution in [1.82, 2.24) is 0 Å². The van der Waals surface area contributed by atoms with Gasteiger partial charge >= 0.3 is 0 Å². The van der Waals surface area contributed by atoms with Gasteiger partial charge < -0.3 is 5.11 Å². The lowest BCUT2D eigenvalue weighted by atomic mass is 9.92. The molecule has 0 unspecified atom stereocenters. The molecule has 0 saturated carbocycles. The second-order valence-corrected chi connectivity index (χ2v) is 5.29. The standard InChI is InChI=1S/C21H18O/c1-2-6-16-9-14-20(18-10-12-19(22)13-11-18)21(15-16)17-7-4-3-5-8-17/h2-5,7-15,22H,1,6H2. The highest BCUT2D eigenvalue weighted by atomic mass is 16.3. The maximum atomic E-state index is 9.49. The van der Waals surface area contributed by atoms with E-state index in [4.69, 9.17) is 0 Å². The summed E-state index contributed by atoms with van der Waals surface area (Å²) in [6.45, 7) is 3.82. The van der Waals surface area contributed by atoms with E-state index in [0.717, 1.165) is 12.0 Å². The SMILES string of the molecule is C=CCc1ccc(-c2ccc(O)cc2)c(-c2ccccc2)c1. The van der Waals surface area contributed by atoms with Gasteiger partial charge in [-0.15, -0.1) is 6.58 Å². The van der Waals surface area contributed by atoms with E-state index in [9.17, 15) is 5.11 Å². The van der Waals surface area contributed by atoms with E-state index in [-0.39, 0.29) is 5.75 Å². The molecule has 0 amide bonds. The minimum Gasteiger partial charge on any atom is -0.508 e. The van der Waals surface area contributed by atoms with Crippen molar-refractivity contribution in [2.75, 3.05) is 0 Å². The number of phenols is 1. The Morgan fingerprint density at radius 1 is 0.773 bits per heavy atom. The van der Waals surface area contributed by atoms with Gasteiger partial charge in [0.1, 0.15) is 5.75 Å². The van der Waals surface area contributed by atoms with Gasteiger partial charge in [0.2, 0.25) is 0 Å². The zero-order valence-corrected chi connectivity index (χ0v) is 12.4. The molecule has 22 heavy (non-hydrogen) atoms. The van der Waals surface area contributed by atoms with Gasteiger partial charge in [-0.05, 0) is 46.4 Å². The number of allylic oxidation sites excluding steroid dienone is 1. The van der Waals surface area contributed by atoms with Crippen LogP contribution in [0.2, 0.25) is 0 Å². The lowest BCUT2D eigenvalue weighted by molar-refractivity contribution is 0.475. The van der Waals surface area contributed by atoms with Gasteiger partial charge in [-0.2, -0.15) is 0 Å². The zero-order chi connectivity index (χ0) is 15.4. The first-order chi connectivity index (χ1) is 10.8. The van der Waals surface area contributed by atoms with E-state index in [0.29, 0.717) is 0 Å². The van der Waals surface area contributed by atoms with E-state index in [2.05, 4.69) is 49.0 Å². The summed E-state index contributed by atoms with van der Waals surface area (Å²) in [4.78, 5) is 0. The number of rotatable bonds is 4. The van der Waals surface area contributed by atoms with Crippen LogP contribution in [0.15, 0.2) is 85.5 Å². The van der Waals surface area contributed by atoms with Crippen molar-refractivity contribution in [2.24, 2.45) is 0 Å². The van der Waals surface area contributed by atoms with Gasteiger partial charge in [0.05, 0.1) is 0 Å². The van der Waals surface area contributed by atoms with E-state index in [1.54, 1.807) is 12.1 Å². The first-order valence-corrected chi connectivity index (χ1v) is 7.36. The second kappa shape index (κ2) is 6.31. The summed E-state index contributed by atoms with van der Waals surface area (Å²) < 4.78 is 0. The van der Waals surface area contributed by atoms with Crippen LogP contribution in [0.1, 0.15) is 5.56 Å². The van der Waals surface area contributed by atoms with Crippen molar-refractivity contribution < 1.29 is 5.11 Å². The molecular formula is C21H18O. The van der Waals surface area contributed by atoms with Gasteiger partial charge in [0.15, 0.2) is 0 Å². The molecule has 108 valence electrons. The molecule has 1 nitrogen and oxygen atoms in total. The third kappa shape index (κ3) is 2.94. The largest absolute Gasteiger partial charge is 0.508 e. The maximum Gasteiger partial charge on any atom is 0.115 e. The Morgan fingerprint density at radius 3 is 2.14 bits per heavy atom. The number of aromatic hydroxyl groups is 1. The second-order valence-electron chi connectivity index (χ2n) is 5.29. The van der Waals surface area contributed by atoms with Crippen LogP contribution in [0.5, 0.6) is 5.75 Å². The van der Waals surface area contributed by atoms with E-state index in [1.165, 1.54) is 22.3 Å². The first kappa shape index (κ1) is 14.2. The predicted molar refractivity (Wildman–Crippen MR) is 92.9 cm³/mol. The first-order valence-electron chi connectivity index (χ1n) is 7.36. The molecule has 0 fully saturated rings. The normalized spacial score (nSPS) is 10.4. The third-order valence-corrected chi connectivity index (χ3v) is 3.73. The monoisotopic (exact) mass is 286 g/mol. The number of phenolic OH excluding ortho intramolecular Hbond substituents is 1. The van der Waals surface area contributed by atoms with Crippen molar-refractivity contribution >= 4 is 0 Å². The van der Waals surface area contributed by atoms with Gasteiger partial charge in [-0.1, -0.05) is 66.7 Å². The Hall–Kier alpha value is -2.80. The van der Waals surface area contributed by atoms with Crippen LogP contribution in [-0.2, 0) is 6.42 Å². The molecule has 0 spiro atoms. The van der Waals surface area contributed by atoms with Crippen LogP contribution in [0, 0.1) is 0 Å². The molecule has 0 bridgehead atoms. The quantitative estimate of drug-likeness (QED) is 0.632. The third-order valence-electron chi connectivity index (χ3n) is 3.73. The predicted octanol–water partition coefficient (Wildman–Crippen LogP) is 5.45. The van der Waals surface area contributed by atoms with Crippen LogP contribution in [0.3, 0.4) is 0 Å². The van der Waals surface area contributed by atoms with Crippen molar-refractivity contribution in [3.63, 3.8) is 0 Å². The molecule has 3 rings (SSSR count). The molecule has 0 radical (unpaired) electrons. The summed E-state index contributed by atoms with van der Waals surface area (Å²) >= 11 is 0. The Morgan fingerprint density at radius 2 is 1.45 bits per heavy atom. The number of benzene rings is 3. The minimum absolute atomic E-state index is 0.285. The minimum atomic E-state index is 0.285. The van der Waals surface area contributed by atoms with Crippen LogP contribution in [-0.4, -0.2) is 5.11 Å². The van der Waals surface area contributed by atoms with Crippen LogP contribution in [0.4, 0.5) is 0 Å². The number of hydrogen-bond donors (Lipinski definition) is 1. The molecule has 0 saturated heterocycles. The van der Waals surface area contributed by atoms with Crippen molar-refractivity contribution in [3.8, 4) is 28.0 Å². The van der Waals surface area contributed by atoms with Gasteiger partial charge in [0.25, 0.3) is 0 Å². The molecule has 0 heterocycles. The average Bonchev–Trinajstić information content (AvgIpc) is 2.57. The highest BCUT2D eigenvalue weighted by Crippen LogP contribution is 2.33. The molecular weight excluding hydrogens is 268 g/mol. The number of hydrogen-bond acceptors (Lipinski definition) is 1. The average molecular weight is 286 g/mol. The smallest absolute Gasteiger partial charge is 0.115 e. The molecule has 3 aromatic carbocycles. The zero-order valence-electron chi connectivity index (χ0n) is 12.4. The molecule has 1 N–H and O–H groups in total. The van der Waals surface area contributed by atoms with Gasteiger partial charge in [-0.25, -0.2) is 0 Å². The molecule has 3 aromatic rings. The van der Waals surface area contributed by atoms with Crippen molar-refractivity contribution in [3.05, 3.63) is 91.0 Å². The fourth-order valence-electron chi connectivity index (χ4n) is 2.63. The summed E-state index contributed by atoms with van der Waals surface area (Å²) in [5, 5.41) is 9.49. The summed E-state index contributed by atoms with van der Waals surface area (Å²) in [7, 11) is 0. The van der Waals surface area contributed by atoms with E-state index < -0.39 is 0 Å². The van der Waals surface area contributed by atoms with Crippen molar-refractivity contribution in [1.29, 1.82) is 0 Å². The van der Waals surface area contributed by atoms with E-state index >= 15 is 0 Å². The molecule has 0 aliphatic rings. The summed E-state index contributed by atoms with van der Waals surface area (Å²) in [6.07, 6.45) is 2.78. The Bertz CT molecular complexity index is 771. The Labute approximate surface area is 131 Å².